The van der Waals surface area contributed by atoms with Crippen LogP contribution in [0, 0.1) is 0 Å². The molecule has 0 N–H and O–H groups in total. The maximum Gasteiger partial charge on any atom is 0.273 e. The van der Waals surface area contributed by atoms with Crippen LogP contribution in [-0.4, -0.2) is 18.7 Å². The molecule has 0 bridgehead atoms. The molecule has 12 heavy (non-hydrogen) atoms. The zero-order valence-electron chi connectivity index (χ0n) is 7.34. The maximum atomic E-state index is 11.5. The van der Waals surface area contributed by atoms with Crippen LogP contribution in [0.4, 0.5) is 5.69 Å². The number of aromatic nitrogens is 1. The molecule has 0 aliphatic carbocycles. The van der Waals surface area contributed by atoms with Gasteiger partial charge >= 0.3 is 0 Å². The fourth-order valence-electron chi connectivity index (χ4n) is 0.974. The summed E-state index contributed by atoms with van der Waals surface area (Å²) in [5, 5.41) is 0. The summed E-state index contributed by atoms with van der Waals surface area (Å²) in [6.07, 6.45) is 1.75. The van der Waals surface area contributed by atoms with Gasteiger partial charge in [0.05, 0.1) is 0 Å². The Morgan fingerprint density at radius 2 is 2.08 bits per heavy atom. The molecule has 0 aromatic carbocycles. The monoisotopic (exact) mass is 230 g/mol. The summed E-state index contributed by atoms with van der Waals surface area (Å²) in [7, 11) is 5.44. The minimum Gasteiger partial charge on any atom is -0.373 e. The zero-order valence-corrected chi connectivity index (χ0v) is 8.92. The van der Waals surface area contributed by atoms with Gasteiger partial charge in [-0.05, 0) is 22.0 Å². The highest BCUT2D eigenvalue weighted by Crippen LogP contribution is 2.12. The second kappa shape index (κ2) is 3.31. The van der Waals surface area contributed by atoms with Crippen LogP contribution < -0.4 is 10.5 Å². The Labute approximate surface area is 79.7 Å². The molecule has 0 saturated heterocycles. The molecule has 3 nitrogen and oxygen atoms in total. The van der Waals surface area contributed by atoms with E-state index in [1.165, 1.54) is 0 Å². The highest BCUT2D eigenvalue weighted by Gasteiger charge is 2.03. The summed E-state index contributed by atoms with van der Waals surface area (Å²) in [5.74, 6) is 0. The second-order valence-electron chi connectivity index (χ2n) is 2.85. The van der Waals surface area contributed by atoms with Crippen LogP contribution in [-0.2, 0) is 7.05 Å². The lowest BCUT2D eigenvalue weighted by molar-refractivity contribution is 0.846. The third-order valence-electron chi connectivity index (χ3n) is 1.61. The number of halogens is 1. The van der Waals surface area contributed by atoms with Crippen LogP contribution in [0.15, 0.2) is 21.5 Å². The first-order chi connectivity index (χ1) is 5.52. The normalized spacial score (nSPS) is 10.0. The summed E-state index contributed by atoms with van der Waals surface area (Å²) >= 11 is 3.33. The first-order valence-corrected chi connectivity index (χ1v) is 4.35. The van der Waals surface area contributed by atoms with E-state index in [1.807, 2.05) is 20.2 Å². The van der Waals surface area contributed by atoms with E-state index < -0.39 is 0 Å². The van der Waals surface area contributed by atoms with Crippen molar-refractivity contribution in [1.82, 2.24) is 4.57 Å². The van der Waals surface area contributed by atoms with Gasteiger partial charge in [0.25, 0.3) is 5.56 Å². The van der Waals surface area contributed by atoms with E-state index in [0.29, 0.717) is 5.69 Å². The molecule has 1 aromatic heterocycles. The van der Waals surface area contributed by atoms with E-state index >= 15 is 0 Å². The fourth-order valence-corrected chi connectivity index (χ4v) is 1.50. The average Bonchev–Trinajstić information content (AvgIpc) is 1.96. The van der Waals surface area contributed by atoms with Gasteiger partial charge in [-0.2, -0.15) is 0 Å². The van der Waals surface area contributed by atoms with E-state index in [0.717, 1.165) is 4.47 Å². The van der Waals surface area contributed by atoms with Gasteiger partial charge in [-0.25, -0.2) is 0 Å². The molecule has 0 fully saturated rings. The highest BCUT2D eigenvalue weighted by atomic mass is 79.9. The van der Waals surface area contributed by atoms with Crippen LogP contribution in [0.3, 0.4) is 0 Å². The van der Waals surface area contributed by atoms with Crippen molar-refractivity contribution in [2.45, 2.75) is 0 Å². The Kier molecular flexibility index (Phi) is 2.57. The van der Waals surface area contributed by atoms with Gasteiger partial charge in [-0.15, -0.1) is 0 Å². The first-order valence-electron chi connectivity index (χ1n) is 3.56. The lowest BCUT2D eigenvalue weighted by Crippen LogP contribution is -2.24. The molecule has 0 atom stereocenters. The van der Waals surface area contributed by atoms with Crippen molar-refractivity contribution in [2.24, 2.45) is 7.05 Å². The summed E-state index contributed by atoms with van der Waals surface area (Å²) in [6, 6.07) is 1.81. The van der Waals surface area contributed by atoms with Crippen LogP contribution in [0.1, 0.15) is 0 Å². The molecule has 0 spiro atoms. The zero-order chi connectivity index (χ0) is 9.30. The highest BCUT2D eigenvalue weighted by molar-refractivity contribution is 9.10. The van der Waals surface area contributed by atoms with Crippen molar-refractivity contribution >= 4 is 21.6 Å². The van der Waals surface area contributed by atoms with Crippen LogP contribution in [0.5, 0.6) is 0 Å². The molecule has 1 rings (SSSR count). The quantitative estimate of drug-likeness (QED) is 0.725. The molecular formula is C8H11BrN2O. The number of pyridine rings is 1. The van der Waals surface area contributed by atoms with E-state index in [2.05, 4.69) is 15.9 Å². The van der Waals surface area contributed by atoms with E-state index in [9.17, 15) is 4.79 Å². The minimum atomic E-state index is 0.0169. The van der Waals surface area contributed by atoms with Crippen molar-refractivity contribution in [3.05, 3.63) is 27.1 Å². The van der Waals surface area contributed by atoms with Crippen LogP contribution in [0.25, 0.3) is 0 Å². The van der Waals surface area contributed by atoms with Crippen molar-refractivity contribution < 1.29 is 0 Å². The molecule has 66 valence electrons. The molecule has 1 aromatic rings. The van der Waals surface area contributed by atoms with Gasteiger partial charge < -0.3 is 9.47 Å². The molecule has 4 heteroatoms. The van der Waals surface area contributed by atoms with E-state index in [1.54, 1.807) is 22.7 Å². The predicted molar refractivity (Wildman–Crippen MR) is 53.7 cm³/mol. The summed E-state index contributed by atoms with van der Waals surface area (Å²) in [4.78, 5) is 13.3. The molecule has 0 unspecified atom stereocenters. The van der Waals surface area contributed by atoms with E-state index in [4.69, 9.17) is 0 Å². The van der Waals surface area contributed by atoms with Crippen molar-refractivity contribution in [2.75, 3.05) is 19.0 Å². The Balaban J connectivity index is 3.38. The fraction of sp³-hybridized carbons (Fsp3) is 0.375. The minimum absolute atomic E-state index is 0.0169. The number of hydrogen-bond acceptors (Lipinski definition) is 2. The molecule has 0 aliphatic heterocycles. The third-order valence-corrected chi connectivity index (χ3v) is 2.05. The SMILES string of the molecule is CN(C)c1cc(Br)cn(C)c1=O. The lowest BCUT2D eigenvalue weighted by Gasteiger charge is -2.12. The van der Waals surface area contributed by atoms with E-state index in [-0.39, 0.29) is 5.56 Å². The molecule has 0 amide bonds. The Morgan fingerprint density at radius 1 is 1.50 bits per heavy atom. The predicted octanol–water partition coefficient (Wildman–Crippen LogP) is 1.21. The van der Waals surface area contributed by atoms with Crippen molar-refractivity contribution in [3.63, 3.8) is 0 Å². The van der Waals surface area contributed by atoms with Gasteiger partial charge in [0.1, 0.15) is 5.69 Å². The average molecular weight is 231 g/mol. The smallest absolute Gasteiger partial charge is 0.273 e. The molecule has 1 heterocycles. The van der Waals surface area contributed by atoms with Gasteiger partial charge in [0.15, 0.2) is 0 Å². The number of rotatable bonds is 1. The Hall–Kier alpha value is -0.770. The van der Waals surface area contributed by atoms with Gasteiger partial charge in [-0.1, -0.05) is 0 Å². The topological polar surface area (TPSA) is 25.2 Å². The number of aryl methyl sites for hydroxylation is 1. The standard InChI is InChI=1S/C8H11BrN2O/c1-10(2)7-4-6(9)5-11(3)8(7)12/h4-5H,1-3H3. The van der Waals surface area contributed by atoms with Gasteiger partial charge in [0.2, 0.25) is 0 Å². The Morgan fingerprint density at radius 3 is 2.58 bits per heavy atom. The molecule has 0 radical (unpaired) electrons. The van der Waals surface area contributed by atoms with Gasteiger partial charge in [0, 0.05) is 31.8 Å². The largest absolute Gasteiger partial charge is 0.373 e. The van der Waals surface area contributed by atoms with Crippen LogP contribution >= 0.6 is 15.9 Å². The second-order valence-corrected chi connectivity index (χ2v) is 3.77. The molecule has 0 aliphatic rings. The van der Waals surface area contributed by atoms with Crippen molar-refractivity contribution in [1.29, 1.82) is 0 Å². The molecule has 0 saturated carbocycles. The van der Waals surface area contributed by atoms with Gasteiger partial charge in [-0.3, -0.25) is 4.79 Å². The summed E-state index contributed by atoms with van der Waals surface area (Å²) < 4.78 is 2.47. The van der Waals surface area contributed by atoms with Crippen molar-refractivity contribution in [3.8, 4) is 0 Å². The Bertz CT molecular complexity index is 343. The number of anilines is 1. The summed E-state index contributed by atoms with van der Waals surface area (Å²) in [6.45, 7) is 0. The first kappa shape index (κ1) is 9.32. The number of hydrogen-bond donors (Lipinski definition) is 0. The number of nitrogens with zero attached hydrogens (tertiary/aromatic N) is 2. The van der Waals surface area contributed by atoms with Crippen LogP contribution in [0.2, 0.25) is 0 Å². The lowest BCUT2D eigenvalue weighted by atomic mass is 10.4. The summed E-state index contributed by atoms with van der Waals surface area (Å²) in [5.41, 5.74) is 0.704. The maximum absolute atomic E-state index is 11.5. The molecular weight excluding hydrogens is 220 g/mol. The third kappa shape index (κ3) is 1.69.